The number of anilines is 1. The lowest BCUT2D eigenvalue weighted by atomic mass is 10.1. The lowest BCUT2D eigenvalue weighted by molar-refractivity contribution is 0.346. The minimum absolute atomic E-state index is 0.125. The zero-order chi connectivity index (χ0) is 13.7. The van der Waals surface area contributed by atoms with Gasteiger partial charge in [-0.3, -0.25) is 0 Å². The van der Waals surface area contributed by atoms with Gasteiger partial charge in [-0.2, -0.15) is 0 Å². The van der Waals surface area contributed by atoms with Gasteiger partial charge in [0.15, 0.2) is 0 Å². The molecule has 2 rings (SSSR count). The average Bonchev–Trinajstić information content (AvgIpc) is 2.92. The summed E-state index contributed by atoms with van der Waals surface area (Å²) >= 11 is 0. The maximum atomic E-state index is 13.9. The summed E-state index contributed by atoms with van der Waals surface area (Å²) in [5.74, 6) is -0.125. The maximum absolute atomic E-state index is 13.9. The first-order valence-corrected chi connectivity index (χ1v) is 7.08. The molecule has 1 aromatic rings. The van der Waals surface area contributed by atoms with Gasteiger partial charge in [0, 0.05) is 37.9 Å². The second kappa shape index (κ2) is 6.87. The Bertz CT molecular complexity index is 402. The summed E-state index contributed by atoms with van der Waals surface area (Å²) in [6, 6.07) is 5.32. The van der Waals surface area contributed by atoms with Crippen LogP contribution in [0.5, 0.6) is 0 Å². The molecule has 19 heavy (non-hydrogen) atoms. The smallest absolute Gasteiger partial charge is 0.129 e. The summed E-state index contributed by atoms with van der Waals surface area (Å²) in [5.41, 5.74) is 1.75. The SMILES string of the molecule is CNCc1c(F)cccc1N(C)CCN1CCCC1. The van der Waals surface area contributed by atoms with Gasteiger partial charge in [0.2, 0.25) is 0 Å². The summed E-state index contributed by atoms with van der Waals surface area (Å²) in [6.07, 6.45) is 2.63. The molecule has 3 nitrogen and oxygen atoms in total. The van der Waals surface area contributed by atoms with Crippen molar-refractivity contribution in [1.29, 1.82) is 0 Å². The molecule has 0 radical (unpaired) electrons. The third kappa shape index (κ3) is 3.67. The summed E-state index contributed by atoms with van der Waals surface area (Å²) in [4.78, 5) is 4.64. The molecule has 0 aliphatic carbocycles. The Morgan fingerprint density at radius 2 is 2.05 bits per heavy atom. The topological polar surface area (TPSA) is 18.5 Å². The van der Waals surface area contributed by atoms with Crippen molar-refractivity contribution >= 4 is 5.69 Å². The Labute approximate surface area is 115 Å². The second-order valence-corrected chi connectivity index (χ2v) is 5.24. The van der Waals surface area contributed by atoms with Crippen molar-refractivity contribution in [1.82, 2.24) is 10.2 Å². The Kier molecular flexibility index (Phi) is 5.16. The molecule has 1 saturated heterocycles. The van der Waals surface area contributed by atoms with E-state index in [4.69, 9.17) is 0 Å². The molecule has 1 aromatic carbocycles. The highest BCUT2D eigenvalue weighted by molar-refractivity contribution is 5.53. The van der Waals surface area contributed by atoms with Gasteiger partial charge in [-0.1, -0.05) is 6.07 Å². The lowest BCUT2D eigenvalue weighted by Crippen LogP contribution is -2.32. The largest absolute Gasteiger partial charge is 0.373 e. The van der Waals surface area contributed by atoms with Gasteiger partial charge < -0.3 is 15.1 Å². The maximum Gasteiger partial charge on any atom is 0.129 e. The fourth-order valence-electron chi connectivity index (χ4n) is 2.67. The Hall–Kier alpha value is -1.13. The van der Waals surface area contributed by atoms with E-state index >= 15 is 0 Å². The molecule has 1 heterocycles. The first-order chi connectivity index (χ1) is 9.22. The van der Waals surface area contributed by atoms with E-state index in [-0.39, 0.29) is 5.82 Å². The summed E-state index contributed by atoms with van der Waals surface area (Å²) in [6.45, 7) is 4.99. The van der Waals surface area contributed by atoms with Gasteiger partial charge in [-0.15, -0.1) is 0 Å². The van der Waals surface area contributed by atoms with Crippen LogP contribution in [0.15, 0.2) is 18.2 Å². The first-order valence-electron chi connectivity index (χ1n) is 7.08. The van der Waals surface area contributed by atoms with E-state index < -0.39 is 0 Å². The third-order valence-electron chi connectivity index (χ3n) is 3.81. The highest BCUT2D eigenvalue weighted by atomic mass is 19.1. The van der Waals surface area contributed by atoms with E-state index in [9.17, 15) is 4.39 Å². The van der Waals surface area contributed by atoms with E-state index in [1.807, 2.05) is 20.2 Å². The van der Waals surface area contributed by atoms with E-state index in [1.165, 1.54) is 32.0 Å². The molecule has 0 bridgehead atoms. The molecule has 0 saturated carbocycles. The van der Waals surface area contributed by atoms with Crippen LogP contribution >= 0.6 is 0 Å². The number of halogens is 1. The third-order valence-corrected chi connectivity index (χ3v) is 3.81. The van der Waals surface area contributed by atoms with Crippen molar-refractivity contribution in [2.45, 2.75) is 19.4 Å². The molecule has 0 spiro atoms. The predicted octanol–water partition coefficient (Wildman–Crippen LogP) is 2.08. The summed E-state index contributed by atoms with van der Waals surface area (Å²) in [5, 5.41) is 3.04. The number of nitrogens with one attached hydrogen (secondary N) is 1. The van der Waals surface area contributed by atoms with Crippen LogP contribution in [0.25, 0.3) is 0 Å². The molecular weight excluding hydrogens is 241 g/mol. The number of likely N-dealkylation sites (tertiary alicyclic amines) is 1. The number of likely N-dealkylation sites (N-methyl/N-ethyl adjacent to an activating group) is 1. The molecule has 1 N–H and O–H groups in total. The van der Waals surface area contributed by atoms with Crippen LogP contribution in [0.1, 0.15) is 18.4 Å². The highest BCUT2D eigenvalue weighted by Gasteiger charge is 2.14. The van der Waals surface area contributed by atoms with Crippen LogP contribution in [-0.4, -0.2) is 45.2 Å². The van der Waals surface area contributed by atoms with Crippen molar-refractivity contribution in [3.05, 3.63) is 29.6 Å². The molecule has 106 valence electrons. The van der Waals surface area contributed by atoms with Gasteiger partial charge in [0.05, 0.1) is 0 Å². The van der Waals surface area contributed by atoms with Crippen molar-refractivity contribution in [3.8, 4) is 0 Å². The van der Waals surface area contributed by atoms with Gasteiger partial charge in [-0.05, 0) is 45.1 Å². The Balaban J connectivity index is 2.00. The first kappa shape index (κ1) is 14.3. The number of benzene rings is 1. The number of hydrogen-bond donors (Lipinski definition) is 1. The highest BCUT2D eigenvalue weighted by Crippen LogP contribution is 2.22. The zero-order valence-corrected chi connectivity index (χ0v) is 12.0. The van der Waals surface area contributed by atoms with Crippen LogP contribution in [0.2, 0.25) is 0 Å². The Morgan fingerprint density at radius 3 is 2.74 bits per heavy atom. The van der Waals surface area contributed by atoms with Crippen molar-refractivity contribution in [2.24, 2.45) is 0 Å². The standard InChI is InChI=1S/C15H24FN3/c1-17-12-13-14(16)6-5-7-15(13)18(2)10-11-19-8-3-4-9-19/h5-7,17H,3-4,8-12H2,1-2H3. The van der Waals surface area contributed by atoms with Gasteiger partial charge in [0.1, 0.15) is 5.82 Å². The predicted molar refractivity (Wildman–Crippen MR) is 78.1 cm³/mol. The van der Waals surface area contributed by atoms with Gasteiger partial charge in [-0.25, -0.2) is 4.39 Å². The van der Waals surface area contributed by atoms with Crippen molar-refractivity contribution in [2.75, 3.05) is 45.2 Å². The van der Waals surface area contributed by atoms with Crippen molar-refractivity contribution < 1.29 is 4.39 Å². The molecular formula is C15H24FN3. The quantitative estimate of drug-likeness (QED) is 0.849. The zero-order valence-electron chi connectivity index (χ0n) is 12.0. The molecule has 1 aliphatic heterocycles. The fraction of sp³-hybridized carbons (Fsp3) is 0.600. The molecule has 0 atom stereocenters. The molecule has 1 aliphatic rings. The second-order valence-electron chi connectivity index (χ2n) is 5.24. The molecule has 1 fully saturated rings. The van der Waals surface area contributed by atoms with E-state index in [0.29, 0.717) is 6.54 Å². The normalized spacial score (nSPS) is 15.9. The molecule has 0 amide bonds. The number of nitrogens with zero attached hydrogens (tertiary/aromatic N) is 2. The number of rotatable bonds is 6. The van der Waals surface area contributed by atoms with Crippen LogP contribution in [0, 0.1) is 5.82 Å². The minimum Gasteiger partial charge on any atom is -0.373 e. The van der Waals surface area contributed by atoms with Crippen LogP contribution in [0.4, 0.5) is 10.1 Å². The minimum atomic E-state index is -0.125. The van der Waals surface area contributed by atoms with E-state index in [1.54, 1.807) is 6.07 Å². The Morgan fingerprint density at radius 1 is 1.32 bits per heavy atom. The van der Waals surface area contributed by atoms with Crippen LogP contribution < -0.4 is 10.2 Å². The van der Waals surface area contributed by atoms with Crippen LogP contribution in [-0.2, 0) is 6.54 Å². The summed E-state index contributed by atoms with van der Waals surface area (Å²) in [7, 11) is 3.89. The average molecular weight is 265 g/mol. The lowest BCUT2D eigenvalue weighted by Gasteiger charge is -2.25. The fourth-order valence-corrected chi connectivity index (χ4v) is 2.67. The van der Waals surface area contributed by atoms with E-state index in [0.717, 1.165) is 24.3 Å². The molecule has 4 heteroatoms. The monoisotopic (exact) mass is 265 g/mol. The van der Waals surface area contributed by atoms with Crippen LogP contribution in [0.3, 0.4) is 0 Å². The number of hydrogen-bond acceptors (Lipinski definition) is 3. The van der Waals surface area contributed by atoms with Gasteiger partial charge in [0.25, 0.3) is 0 Å². The van der Waals surface area contributed by atoms with Crippen molar-refractivity contribution in [3.63, 3.8) is 0 Å². The molecule has 0 aromatic heterocycles. The molecule has 0 unspecified atom stereocenters. The van der Waals surface area contributed by atoms with E-state index in [2.05, 4.69) is 15.1 Å². The summed E-state index contributed by atoms with van der Waals surface area (Å²) < 4.78 is 13.9. The van der Waals surface area contributed by atoms with Gasteiger partial charge >= 0.3 is 0 Å².